The Kier molecular flexibility index (Phi) is 4.19. The van der Waals surface area contributed by atoms with Gasteiger partial charge in [-0.2, -0.15) is 0 Å². The molecule has 0 saturated carbocycles. The van der Waals surface area contributed by atoms with Crippen molar-refractivity contribution in [2.24, 2.45) is 5.41 Å². The molecule has 0 saturated heterocycles. The third-order valence-electron chi connectivity index (χ3n) is 2.35. The second-order valence-electron chi connectivity index (χ2n) is 4.33. The van der Waals surface area contributed by atoms with E-state index in [1.54, 1.807) is 0 Å². The Morgan fingerprint density at radius 2 is 2.06 bits per heavy atom. The number of amides is 1. The van der Waals surface area contributed by atoms with E-state index >= 15 is 0 Å². The third-order valence-corrected chi connectivity index (χ3v) is 2.35. The number of nitrogens with one attached hydrogen (secondary N) is 1. The van der Waals surface area contributed by atoms with Crippen LogP contribution in [0.25, 0.3) is 0 Å². The van der Waals surface area contributed by atoms with E-state index in [1.165, 1.54) is 33.1 Å². The van der Waals surface area contributed by atoms with Crippen molar-refractivity contribution < 1.29 is 19.4 Å². The number of ether oxygens (including phenoxy) is 1. The smallest absolute Gasteiger partial charge is 0.310 e. The summed E-state index contributed by atoms with van der Waals surface area (Å²) in [6, 6.07) is 2.96. The molecule has 0 aromatic carbocycles. The highest BCUT2D eigenvalue weighted by atomic mass is 16.5. The van der Waals surface area contributed by atoms with E-state index in [0.29, 0.717) is 5.88 Å². The van der Waals surface area contributed by atoms with Gasteiger partial charge in [0.2, 0.25) is 5.88 Å². The predicted molar refractivity (Wildman–Crippen MR) is 62.3 cm³/mol. The van der Waals surface area contributed by atoms with Crippen molar-refractivity contribution in [2.45, 2.75) is 13.8 Å². The van der Waals surface area contributed by atoms with Crippen molar-refractivity contribution in [1.82, 2.24) is 15.5 Å². The Morgan fingerprint density at radius 3 is 2.50 bits per heavy atom. The highest BCUT2D eigenvalue weighted by Crippen LogP contribution is 2.13. The molecule has 0 spiro atoms. The van der Waals surface area contributed by atoms with E-state index in [2.05, 4.69) is 15.5 Å². The molecule has 1 amide bonds. The number of aliphatic carboxylic acids is 1. The average molecular weight is 253 g/mol. The maximum Gasteiger partial charge on any atom is 0.310 e. The molecule has 1 rings (SSSR count). The summed E-state index contributed by atoms with van der Waals surface area (Å²) in [6.45, 7) is 3.06. The minimum absolute atomic E-state index is 0.00881. The van der Waals surface area contributed by atoms with Crippen molar-refractivity contribution in [2.75, 3.05) is 13.7 Å². The molecule has 7 heteroatoms. The largest absolute Gasteiger partial charge is 0.481 e. The molecule has 0 atom stereocenters. The summed E-state index contributed by atoms with van der Waals surface area (Å²) in [5, 5.41) is 18.7. The number of carbonyl (C=O) groups excluding carboxylic acids is 1. The first-order valence-corrected chi connectivity index (χ1v) is 5.26. The summed E-state index contributed by atoms with van der Waals surface area (Å²) in [4.78, 5) is 22.5. The molecule has 7 nitrogen and oxygen atoms in total. The van der Waals surface area contributed by atoms with Gasteiger partial charge in [-0.15, -0.1) is 10.2 Å². The molecule has 1 heterocycles. The molecular formula is C11H15N3O4. The minimum atomic E-state index is -1.03. The highest BCUT2D eigenvalue weighted by Gasteiger charge is 2.27. The standard InChI is InChI=1S/C11H15N3O4/c1-11(2,10(16)17)6-12-9(15)7-4-5-8(18-3)14-13-7/h4-5H,6H2,1-3H3,(H,12,15)(H,16,17). The summed E-state index contributed by atoms with van der Waals surface area (Å²) >= 11 is 0. The predicted octanol–water partition coefficient (Wildman–Crippen LogP) is 0.326. The fourth-order valence-corrected chi connectivity index (χ4v) is 1.02. The number of hydrogen-bond donors (Lipinski definition) is 2. The van der Waals surface area contributed by atoms with Crippen LogP contribution in [-0.2, 0) is 4.79 Å². The molecule has 1 aromatic heterocycles. The summed E-state index contributed by atoms with van der Waals surface area (Å²) in [5.74, 6) is -1.15. The van der Waals surface area contributed by atoms with Gasteiger partial charge in [-0.25, -0.2) is 0 Å². The molecular weight excluding hydrogens is 238 g/mol. The zero-order valence-electron chi connectivity index (χ0n) is 10.4. The summed E-state index contributed by atoms with van der Waals surface area (Å²) in [7, 11) is 1.44. The minimum Gasteiger partial charge on any atom is -0.481 e. The molecule has 98 valence electrons. The average Bonchev–Trinajstić information content (AvgIpc) is 2.36. The van der Waals surface area contributed by atoms with Crippen molar-refractivity contribution in [3.63, 3.8) is 0 Å². The zero-order chi connectivity index (χ0) is 13.8. The van der Waals surface area contributed by atoms with Crippen LogP contribution >= 0.6 is 0 Å². The maximum atomic E-state index is 11.7. The van der Waals surface area contributed by atoms with Crippen molar-refractivity contribution in [3.05, 3.63) is 17.8 Å². The van der Waals surface area contributed by atoms with Crippen LogP contribution in [0.3, 0.4) is 0 Å². The van der Waals surface area contributed by atoms with Gasteiger partial charge in [0.25, 0.3) is 5.91 Å². The number of carbonyl (C=O) groups is 2. The quantitative estimate of drug-likeness (QED) is 0.783. The summed E-state index contributed by atoms with van der Waals surface area (Å²) in [6.07, 6.45) is 0. The van der Waals surface area contributed by atoms with E-state index in [1.807, 2.05) is 0 Å². The molecule has 2 N–H and O–H groups in total. The molecule has 0 aliphatic heterocycles. The van der Waals surface area contributed by atoms with E-state index in [-0.39, 0.29) is 12.2 Å². The molecule has 0 bridgehead atoms. The van der Waals surface area contributed by atoms with Crippen LogP contribution in [0, 0.1) is 5.41 Å². The lowest BCUT2D eigenvalue weighted by Crippen LogP contribution is -2.39. The second-order valence-corrected chi connectivity index (χ2v) is 4.33. The van der Waals surface area contributed by atoms with Crippen molar-refractivity contribution in [3.8, 4) is 5.88 Å². The number of nitrogens with zero attached hydrogens (tertiary/aromatic N) is 2. The summed E-state index contributed by atoms with van der Waals surface area (Å²) in [5.41, 5.74) is -0.924. The van der Waals surface area contributed by atoms with Gasteiger partial charge in [0, 0.05) is 12.6 Å². The van der Waals surface area contributed by atoms with Crippen LogP contribution in [0.4, 0.5) is 0 Å². The Bertz CT molecular complexity index is 442. The van der Waals surface area contributed by atoms with Gasteiger partial charge in [-0.05, 0) is 19.9 Å². The van der Waals surface area contributed by atoms with Crippen molar-refractivity contribution >= 4 is 11.9 Å². The number of hydrogen-bond acceptors (Lipinski definition) is 5. The molecule has 0 unspecified atom stereocenters. The van der Waals surface area contributed by atoms with E-state index in [9.17, 15) is 9.59 Å². The van der Waals surface area contributed by atoms with Gasteiger partial charge >= 0.3 is 5.97 Å². The first-order chi connectivity index (χ1) is 8.36. The normalized spacial score (nSPS) is 10.8. The lowest BCUT2D eigenvalue weighted by atomic mass is 9.94. The first kappa shape index (κ1) is 13.9. The monoisotopic (exact) mass is 253 g/mol. The number of rotatable bonds is 5. The Hall–Kier alpha value is -2.18. The fraction of sp³-hybridized carbons (Fsp3) is 0.455. The lowest BCUT2D eigenvalue weighted by Gasteiger charge is -2.19. The molecule has 0 fully saturated rings. The number of methoxy groups -OCH3 is 1. The summed E-state index contributed by atoms with van der Waals surface area (Å²) < 4.78 is 4.81. The maximum absolute atomic E-state index is 11.7. The Balaban J connectivity index is 2.63. The lowest BCUT2D eigenvalue weighted by molar-refractivity contribution is -0.146. The van der Waals surface area contributed by atoms with Gasteiger partial charge in [0.05, 0.1) is 12.5 Å². The Labute approximate surface area is 104 Å². The molecule has 0 aliphatic carbocycles. The topological polar surface area (TPSA) is 101 Å². The molecule has 0 aliphatic rings. The number of carboxylic acid groups (broad SMARTS) is 1. The van der Waals surface area contributed by atoms with Crippen LogP contribution < -0.4 is 10.1 Å². The third kappa shape index (κ3) is 3.41. The molecule has 18 heavy (non-hydrogen) atoms. The van der Waals surface area contributed by atoms with Crippen molar-refractivity contribution in [1.29, 1.82) is 0 Å². The van der Waals surface area contributed by atoms with Crippen LogP contribution in [0.5, 0.6) is 5.88 Å². The van der Waals surface area contributed by atoms with Gasteiger partial charge in [-0.1, -0.05) is 0 Å². The number of carboxylic acids is 1. The van der Waals surface area contributed by atoms with E-state index in [0.717, 1.165) is 0 Å². The zero-order valence-corrected chi connectivity index (χ0v) is 10.4. The van der Waals surface area contributed by atoms with Crippen LogP contribution in [0.15, 0.2) is 12.1 Å². The molecule has 1 aromatic rings. The fourth-order valence-electron chi connectivity index (χ4n) is 1.02. The van der Waals surface area contributed by atoms with Gasteiger partial charge in [0.15, 0.2) is 5.69 Å². The van der Waals surface area contributed by atoms with E-state index in [4.69, 9.17) is 9.84 Å². The van der Waals surface area contributed by atoms with E-state index < -0.39 is 17.3 Å². The van der Waals surface area contributed by atoms with Crippen LogP contribution in [-0.4, -0.2) is 40.8 Å². The first-order valence-electron chi connectivity index (χ1n) is 5.26. The highest BCUT2D eigenvalue weighted by molar-refractivity contribution is 5.92. The number of aromatic nitrogens is 2. The second kappa shape index (κ2) is 5.44. The van der Waals surface area contributed by atoms with Gasteiger partial charge in [-0.3, -0.25) is 9.59 Å². The van der Waals surface area contributed by atoms with Crippen LogP contribution in [0.1, 0.15) is 24.3 Å². The SMILES string of the molecule is COc1ccc(C(=O)NCC(C)(C)C(=O)O)nn1. The van der Waals surface area contributed by atoms with Crippen LogP contribution in [0.2, 0.25) is 0 Å². The van der Waals surface area contributed by atoms with Gasteiger partial charge in [0.1, 0.15) is 0 Å². The Morgan fingerprint density at radius 1 is 1.39 bits per heavy atom. The van der Waals surface area contributed by atoms with Gasteiger partial charge < -0.3 is 15.2 Å². The molecule has 0 radical (unpaired) electrons.